The first-order valence-corrected chi connectivity index (χ1v) is 5.19. The first kappa shape index (κ1) is 13.2. The molecule has 0 spiro atoms. The highest BCUT2D eigenvalue weighted by molar-refractivity contribution is 5.75. The summed E-state index contributed by atoms with van der Waals surface area (Å²) < 4.78 is 0. The molecule has 0 aromatic rings. The Bertz CT molecular complexity index is 169. The van der Waals surface area contributed by atoms with Gasteiger partial charge in [-0.25, -0.2) is 4.79 Å². The molecule has 0 unspecified atom stereocenters. The first-order chi connectivity index (χ1) is 6.49. The number of aliphatic hydroxyl groups is 1. The molecule has 0 aliphatic carbocycles. The van der Waals surface area contributed by atoms with Gasteiger partial charge in [0, 0.05) is 6.04 Å². The van der Waals surface area contributed by atoms with Gasteiger partial charge >= 0.3 is 6.03 Å². The maximum absolute atomic E-state index is 11.4. The topological polar surface area (TPSA) is 61.4 Å². The Morgan fingerprint density at radius 1 is 1.36 bits per heavy atom. The van der Waals surface area contributed by atoms with E-state index in [0.29, 0.717) is 0 Å². The normalized spacial score (nSPS) is 11.6. The standard InChI is InChI=1S/C10H22N2O2/c1-5-10(6-2,7-13)12-9(14)11-8(3)4/h8,13H,5-7H2,1-4H3,(H2,11,12,14). The Hall–Kier alpha value is -0.770. The summed E-state index contributed by atoms with van der Waals surface area (Å²) in [7, 11) is 0. The van der Waals surface area contributed by atoms with Gasteiger partial charge in [0.15, 0.2) is 0 Å². The molecule has 0 aromatic heterocycles. The molecular formula is C10H22N2O2. The predicted molar refractivity (Wildman–Crippen MR) is 57.2 cm³/mol. The summed E-state index contributed by atoms with van der Waals surface area (Å²) in [6, 6.07) is -0.0992. The molecule has 0 bridgehead atoms. The summed E-state index contributed by atoms with van der Waals surface area (Å²) in [5.41, 5.74) is -0.473. The Balaban J connectivity index is 4.22. The molecule has 0 radical (unpaired) electrons. The van der Waals surface area contributed by atoms with Crippen LogP contribution < -0.4 is 10.6 Å². The minimum absolute atomic E-state index is 0.0223. The first-order valence-electron chi connectivity index (χ1n) is 5.19. The molecule has 0 fully saturated rings. The summed E-state index contributed by atoms with van der Waals surface area (Å²) in [6.07, 6.45) is 1.46. The summed E-state index contributed by atoms with van der Waals surface area (Å²) >= 11 is 0. The van der Waals surface area contributed by atoms with E-state index in [1.54, 1.807) is 0 Å². The van der Waals surface area contributed by atoms with Crippen molar-refractivity contribution in [2.24, 2.45) is 0 Å². The van der Waals surface area contributed by atoms with Gasteiger partial charge < -0.3 is 15.7 Å². The minimum Gasteiger partial charge on any atom is -0.394 e. The van der Waals surface area contributed by atoms with Gasteiger partial charge in [0.05, 0.1) is 12.1 Å². The van der Waals surface area contributed by atoms with E-state index in [1.165, 1.54) is 0 Å². The number of carbonyl (C=O) groups excluding carboxylic acids is 1. The van der Waals surface area contributed by atoms with Gasteiger partial charge in [0.1, 0.15) is 0 Å². The fraction of sp³-hybridized carbons (Fsp3) is 0.900. The molecule has 4 nitrogen and oxygen atoms in total. The number of hydrogen-bond acceptors (Lipinski definition) is 2. The van der Waals surface area contributed by atoms with Gasteiger partial charge in [0.25, 0.3) is 0 Å². The van der Waals surface area contributed by atoms with E-state index in [-0.39, 0.29) is 18.7 Å². The molecule has 0 heterocycles. The second kappa shape index (κ2) is 5.86. The van der Waals surface area contributed by atoms with Crippen LogP contribution in [0.3, 0.4) is 0 Å². The van der Waals surface area contributed by atoms with Crippen LogP contribution in [-0.2, 0) is 0 Å². The number of aliphatic hydroxyl groups excluding tert-OH is 1. The summed E-state index contributed by atoms with van der Waals surface area (Å²) in [6.45, 7) is 7.69. The number of nitrogens with one attached hydrogen (secondary N) is 2. The van der Waals surface area contributed by atoms with Crippen molar-refractivity contribution < 1.29 is 9.90 Å². The molecular weight excluding hydrogens is 180 g/mol. The summed E-state index contributed by atoms with van der Waals surface area (Å²) in [5, 5.41) is 14.8. The highest BCUT2D eigenvalue weighted by atomic mass is 16.3. The third-order valence-corrected chi connectivity index (χ3v) is 2.45. The van der Waals surface area contributed by atoms with Crippen LogP contribution in [-0.4, -0.2) is 29.3 Å². The average molecular weight is 202 g/mol. The van der Waals surface area contributed by atoms with Crippen molar-refractivity contribution >= 4 is 6.03 Å². The van der Waals surface area contributed by atoms with Crippen molar-refractivity contribution in [1.82, 2.24) is 10.6 Å². The Kier molecular flexibility index (Phi) is 5.53. The molecule has 0 aliphatic rings. The van der Waals surface area contributed by atoms with Crippen molar-refractivity contribution in [3.63, 3.8) is 0 Å². The third-order valence-electron chi connectivity index (χ3n) is 2.45. The lowest BCUT2D eigenvalue weighted by molar-refractivity contribution is 0.151. The Morgan fingerprint density at radius 3 is 2.14 bits per heavy atom. The van der Waals surface area contributed by atoms with E-state index < -0.39 is 5.54 Å². The van der Waals surface area contributed by atoms with Crippen molar-refractivity contribution in [3.05, 3.63) is 0 Å². The number of carbonyl (C=O) groups is 1. The van der Waals surface area contributed by atoms with Gasteiger partial charge in [-0.2, -0.15) is 0 Å². The fourth-order valence-corrected chi connectivity index (χ4v) is 1.23. The minimum atomic E-state index is -0.473. The molecule has 0 saturated heterocycles. The molecule has 2 amide bonds. The van der Waals surface area contributed by atoms with Crippen LogP contribution in [0.5, 0.6) is 0 Å². The summed E-state index contributed by atoms with van der Waals surface area (Å²) in [4.78, 5) is 11.4. The highest BCUT2D eigenvalue weighted by Gasteiger charge is 2.27. The fourth-order valence-electron chi connectivity index (χ4n) is 1.23. The summed E-state index contributed by atoms with van der Waals surface area (Å²) in [5.74, 6) is 0. The molecule has 0 atom stereocenters. The molecule has 84 valence electrons. The number of rotatable bonds is 5. The second-order valence-corrected chi connectivity index (χ2v) is 3.90. The highest BCUT2D eigenvalue weighted by Crippen LogP contribution is 2.13. The molecule has 0 aromatic carbocycles. The average Bonchev–Trinajstić information content (AvgIpc) is 2.13. The van der Waals surface area contributed by atoms with E-state index in [2.05, 4.69) is 10.6 Å². The van der Waals surface area contributed by atoms with Gasteiger partial charge in [0.2, 0.25) is 0 Å². The van der Waals surface area contributed by atoms with Crippen LogP contribution in [0.4, 0.5) is 4.79 Å². The zero-order valence-electron chi connectivity index (χ0n) is 9.55. The van der Waals surface area contributed by atoms with Crippen molar-refractivity contribution in [1.29, 1.82) is 0 Å². The lowest BCUT2D eigenvalue weighted by atomic mass is 9.94. The van der Waals surface area contributed by atoms with Crippen LogP contribution >= 0.6 is 0 Å². The van der Waals surface area contributed by atoms with Crippen molar-refractivity contribution in [3.8, 4) is 0 Å². The molecule has 3 N–H and O–H groups in total. The van der Waals surface area contributed by atoms with Crippen LogP contribution in [0.15, 0.2) is 0 Å². The van der Waals surface area contributed by atoms with Crippen LogP contribution in [0, 0.1) is 0 Å². The monoisotopic (exact) mass is 202 g/mol. The van der Waals surface area contributed by atoms with Gasteiger partial charge in [-0.3, -0.25) is 0 Å². The zero-order chi connectivity index (χ0) is 11.2. The largest absolute Gasteiger partial charge is 0.394 e. The molecule has 0 saturated carbocycles. The van der Waals surface area contributed by atoms with Gasteiger partial charge in [-0.1, -0.05) is 13.8 Å². The zero-order valence-corrected chi connectivity index (χ0v) is 9.55. The van der Waals surface area contributed by atoms with E-state index in [9.17, 15) is 9.90 Å². The maximum atomic E-state index is 11.4. The quantitative estimate of drug-likeness (QED) is 0.628. The number of amides is 2. The Labute approximate surface area is 86.1 Å². The third kappa shape index (κ3) is 3.96. The smallest absolute Gasteiger partial charge is 0.315 e. The van der Waals surface area contributed by atoms with E-state index in [0.717, 1.165) is 12.8 Å². The van der Waals surface area contributed by atoms with Gasteiger partial charge in [-0.05, 0) is 26.7 Å². The Morgan fingerprint density at radius 2 is 1.86 bits per heavy atom. The number of hydrogen-bond donors (Lipinski definition) is 3. The van der Waals surface area contributed by atoms with Crippen LogP contribution in [0.2, 0.25) is 0 Å². The van der Waals surface area contributed by atoms with E-state index in [4.69, 9.17) is 0 Å². The SMILES string of the molecule is CCC(CC)(CO)NC(=O)NC(C)C. The lowest BCUT2D eigenvalue weighted by Gasteiger charge is -2.31. The lowest BCUT2D eigenvalue weighted by Crippen LogP contribution is -2.54. The van der Waals surface area contributed by atoms with Crippen molar-refractivity contribution in [2.75, 3.05) is 6.61 Å². The van der Waals surface area contributed by atoms with Crippen LogP contribution in [0.1, 0.15) is 40.5 Å². The van der Waals surface area contributed by atoms with Gasteiger partial charge in [-0.15, -0.1) is 0 Å². The van der Waals surface area contributed by atoms with E-state index in [1.807, 2.05) is 27.7 Å². The molecule has 14 heavy (non-hydrogen) atoms. The molecule has 0 rings (SSSR count). The van der Waals surface area contributed by atoms with Crippen molar-refractivity contribution in [2.45, 2.75) is 52.1 Å². The van der Waals surface area contributed by atoms with E-state index >= 15 is 0 Å². The van der Waals surface area contributed by atoms with Crippen LogP contribution in [0.25, 0.3) is 0 Å². The maximum Gasteiger partial charge on any atom is 0.315 e. The predicted octanol–water partition coefficient (Wildman–Crippen LogP) is 1.25. The second-order valence-electron chi connectivity index (χ2n) is 3.90. The molecule has 0 aliphatic heterocycles. The molecule has 4 heteroatoms. The number of urea groups is 1.